The second-order valence-electron chi connectivity index (χ2n) is 4.54. The summed E-state index contributed by atoms with van der Waals surface area (Å²) in [6.45, 7) is 0. The maximum Gasteiger partial charge on any atom is 0.256 e. The highest BCUT2D eigenvalue weighted by molar-refractivity contribution is 9.10. The van der Waals surface area contributed by atoms with E-state index in [1.807, 2.05) is 30.3 Å². The van der Waals surface area contributed by atoms with E-state index in [2.05, 4.69) is 26.2 Å². The van der Waals surface area contributed by atoms with Crippen molar-refractivity contribution in [2.75, 3.05) is 11.1 Å². The number of pyridine rings is 1. The monoisotopic (exact) mass is 341 g/mol. The molecule has 0 spiro atoms. The minimum Gasteiger partial charge on any atom is -0.398 e. The van der Waals surface area contributed by atoms with Gasteiger partial charge in [-0.05, 0) is 52.3 Å². The highest BCUT2D eigenvalue weighted by Crippen LogP contribution is 2.26. The standard InChI is InChI=1S/C16H12BrN3O/c17-15-11(4-1-6-12(15)18)16(21)20-14-8-2-7-13-10(14)5-3-9-19-13/h1-9H,18H2,(H,20,21). The van der Waals surface area contributed by atoms with Gasteiger partial charge in [0, 0.05) is 17.3 Å². The quantitative estimate of drug-likeness (QED) is 0.696. The zero-order valence-electron chi connectivity index (χ0n) is 11.0. The Labute approximate surface area is 130 Å². The molecule has 3 rings (SSSR count). The number of nitrogens with one attached hydrogen (secondary N) is 1. The topological polar surface area (TPSA) is 68.0 Å². The van der Waals surface area contributed by atoms with Crippen molar-refractivity contribution < 1.29 is 4.79 Å². The van der Waals surface area contributed by atoms with E-state index in [0.29, 0.717) is 15.7 Å². The van der Waals surface area contributed by atoms with Gasteiger partial charge in [-0.2, -0.15) is 0 Å². The lowest BCUT2D eigenvalue weighted by molar-refractivity contribution is 0.102. The fourth-order valence-corrected chi connectivity index (χ4v) is 2.57. The number of hydrogen-bond donors (Lipinski definition) is 2. The van der Waals surface area contributed by atoms with Gasteiger partial charge in [-0.25, -0.2) is 0 Å². The summed E-state index contributed by atoms with van der Waals surface area (Å²) in [5, 5.41) is 3.80. The summed E-state index contributed by atoms with van der Waals surface area (Å²) < 4.78 is 0.598. The summed E-state index contributed by atoms with van der Waals surface area (Å²) in [6.07, 6.45) is 1.72. The Morgan fingerprint density at radius 2 is 1.90 bits per heavy atom. The number of nitrogens with zero attached hydrogens (tertiary/aromatic N) is 1. The number of halogens is 1. The predicted octanol–water partition coefficient (Wildman–Crippen LogP) is 3.83. The zero-order valence-corrected chi connectivity index (χ0v) is 12.6. The molecule has 3 aromatic rings. The molecular weight excluding hydrogens is 330 g/mol. The SMILES string of the molecule is Nc1cccc(C(=O)Nc2cccc3ncccc23)c1Br. The third kappa shape index (κ3) is 2.60. The molecule has 0 aliphatic heterocycles. The van der Waals surface area contributed by atoms with E-state index in [0.717, 1.165) is 16.6 Å². The van der Waals surface area contributed by atoms with Crippen LogP contribution in [0.4, 0.5) is 11.4 Å². The van der Waals surface area contributed by atoms with Gasteiger partial charge in [0.25, 0.3) is 5.91 Å². The number of anilines is 2. The molecule has 0 fully saturated rings. The van der Waals surface area contributed by atoms with Crippen LogP contribution in [0.5, 0.6) is 0 Å². The number of amides is 1. The fraction of sp³-hybridized carbons (Fsp3) is 0. The van der Waals surface area contributed by atoms with E-state index < -0.39 is 0 Å². The van der Waals surface area contributed by atoms with E-state index in [1.165, 1.54) is 0 Å². The first-order chi connectivity index (χ1) is 10.2. The van der Waals surface area contributed by atoms with Crippen LogP contribution in [-0.2, 0) is 0 Å². The van der Waals surface area contributed by atoms with E-state index in [4.69, 9.17) is 5.73 Å². The fourth-order valence-electron chi connectivity index (χ4n) is 2.13. The van der Waals surface area contributed by atoms with Crippen LogP contribution in [0, 0.1) is 0 Å². The molecule has 4 nitrogen and oxygen atoms in total. The summed E-state index contributed by atoms with van der Waals surface area (Å²) in [7, 11) is 0. The summed E-state index contributed by atoms with van der Waals surface area (Å²) in [4.78, 5) is 16.7. The van der Waals surface area contributed by atoms with Crippen LogP contribution in [-0.4, -0.2) is 10.9 Å². The Morgan fingerprint density at radius 3 is 2.76 bits per heavy atom. The molecule has 0 radical (unpaired) electrons. The second-order valence-corrected chi connectivity index (χ2v) is 5.33. The number of carbonyl (C=O) groups is 1. The first-order valence-electron chi connectivity index (χ1n) is 6.36. The molecule has 2 aromatic carbocycles. The van der Waals surface area contributed by atoms with Crippen LogP contribution in [0.15, 0.2) is 59.2 Å². The molecule has 21 heavy (non-hydrogen) atoms. The Hall–Kier alpha value is -2.40. The summed E-state index contributed by atoms with van der Waals surface area (Å²) >= 11 is 3.35. The van der Waals surface area contributed by atoms with Crippen LogP contribution >= 0.6 is 15.9 Å². The van der Waals surface area contributed by atoms with Crippen LogP contribution < -0.4 is 11.1 Å². The first-order valence-corrected chi connectivity index (χ1v) is 7.15. The van der Waals surface area contributed by atoms with E-state index in [-0.39, 0.29) is 5.91 Å². The minimum atomic E-state index is -0.217. The van der Waals surface area contributed by atoms with Gasteiger partial charge in [-0.15, -0.1) is 0 Å². The third-order valence-electron chi connectivity index (χ3n) is 3.17. The van der Waals surface area contributed by atoms with Gasteiger partial charge in [-0.3, -0.25) is 9.78 Å². The molecule has 0 saturated heterocycles. The van der Waals surface area contributed by atoms with Gasteiger partial charge >= 0.3 is 0 Å². The van der Waals surface area contributed by atoms with Crippen LogP contribution in [0.1, 0.15) is 10.4 Å². The average molecular weight is 342 g/mol. The van der Waals surface area contributed by atoms with Crippen molar-refractivity contribution in [3.05, 3.63) is 64.8 Å². The highest BCUT2D eigenvalue weighted by Gasteiger charge is 2.13. The van der Waals surface area contributed by atoms with Crippen molar-refractivity contribution in [1.29, 1.82) is 0 Å². The molecule has 0 bridgehead atoms. The molecule has 3 N–H and O–H groups in total. The molecule has 0 unspecified atom stereocenters. The first kappa shape index (κ1) is 13.6. The van der Waals surface area contributed by atoms with Gasteiger partial charge in [-0.1, -0.05) is 12.1 Å². The normalized spacial score (nSPS) is 10.5. The Bertz CT molecular complexity index is 827. The molecule has 0 aliphatic rings. The largest absolute Gasteiger partial charge is 0.398 e. The smallest absolute Gasteiger partial charge is 0.256 e. The maximum absolute atomic E-state index is 12.4. The number of nitrogens with two attached hydrogens (primary N) is 1. The number of benzene rings is 2. The molecule has 0 atom stereocenters. The van der Waals surface area contributed by atoms with Gasteiger partial charge < -0.3 is 11.1 Å². The van der Waals surface area contributed by atoms with Crippen LogP contribution in [0.3, 0.4) is 0 Å². The summed E-state index contributed by atoms with van der Waals surface area (Å²) in [5.74, 6) is -0.217. The zero-order chi connectivity index (χ0) is 14.8. The van der Waals surface area contributed by atoms with Crippen molar-refractivity contribution in [1.82, 2.24) is 4.98 Å². The van der Waals surface area contributed by atoms with Crippen molar-refractivity contribution in [3.63, 3.8) is 0 Å². The second kappa shape index (κ2) is 5.54. The van der Waals surface area contributed by atoms with Crippen molar-refractivity contribution in [2.24, 2.45) is 0 Å². The molecule has 5 heteroatoms. The van der Waals surface area contributed by atoms with E-state index >= 15 is 0 Å². The minimum absolute atomic E-state index is 0.217. The third-order valence-corrected chi connectivity index (χ3v) is 4.05. The van der Waals surface area contributed by atoms with Crippen molar-refractivity contribution in [2.45, 2.75) is 0 Å². The summed E-state index contributed by atoms with van der Waals surface area (Å²) in [6, 6.07) is 14.6. The van der Waals surface area contributed by atoms with Crippen LogP contribution in [0.25, 0.3) is 10.9 Å². The number of rotatable bonds is 2. The van der Waals surface area contributed by atoms with Gasteiger partial charge in [0.2, 0.25) is 0 Å². The lowest BCUT2D eigenvalue weighted by atomic mass is 10.1. The predicted molar refractivity (Wildman–Crippen MR) is 88.3 cm³/mol. The van der Waals surface area contributed by atoms with Crippen LogP contribution in [0.2, 0.25) is 0 Å². The van der Waals surface area contributed by atoms with Gasteiger partial charge in [0.05, 0.1) is 21.2 Å². The summed E-state index contributed by atoms with van der Waals surface area (Å²) in [5.41, 5.74) is 8.39. The molecule has 104 valence electrons. The van der Waals surface area contributed by atoms with Gasteiger partial charge in [0.15, 0.2) is 0 Å². The number of hydrogen-bond acceptors (Lipinski definition) is 3. The number of aromatic nitrogens is 1. The Balaban J connectivity index is 1.99. The average Bonchev–Trinajstić information content (AvgIpc) is 2.50. The lowest BCUT2D eigenvalue weighted by Gasteiger charge is -2.10. The maximum atomic E-state index is 12.4. The molecule has 1 aromatic heterocycles. The van der Waals surface area contributed by atoms with E-state index in [9.17, 15) is 4.79 Å². The molecule has 1 heterocycles. The highest BCUT2D eigenvalue weighted by atomic mass is 79.9. The lowest BCUT2D eigenvalue weighted by Crippen LogP contribution is -2.13. The molecule has 0 saturated carbocycles. The molecule has 0 aliphatic carbocycles. The van der Waals surface area contributed by atoms with Crippen molar-refractivity contribution >= 4 is 44.1 Å². The van der Waals surface area contributed by atoms with E-state index in [1.54, 1.807) is 24.4 Å². The molecular formula is C16H12BrN3O. The number of carbonyl (C=O) groups excluding carboxylic acids is 1. The number of nitrogen functional groups attached to an aromatic ring is 1. The van der Waals surface area contributed by atoms with Gasteiger partial charge in [0.1, 0.15) is 0 Å². The molecule has 1 amide bonds. The van der Waals surface area contributed by atoms with Crippen molar-refractivity contribution in [3.8, 4) is 0 Å². The Morgan fingerprint density at radius 1 is 1.10 bits per heavy atom. The number of fused-ring (bicyclic) bond motifs is 1. The Kier molecular flexibility index (Phi) is 3.58.